The standard InChI is InChI=1S/C14H18F3N7OS/c1-7-6-8(2)19-12(18-7)20-9(4-5-26-3)10(25)21-13-22-11(23-24-13)14(15,16)17/h6,9H,4-5H2,1-3H3,(H,18,19,20)(H2,21,22,23,24,25)/t9-/m1/s1. The zero-order chi connectivity index (χ0) is 19.3. The number of amides is 1. The van der Waals surface area contributed by atoms with Crippen LogP contribution in [-0.2, 0) is 11.0 Å². The molecule has 0 saturated carbocycles. The number of carbonyl (C=O) groups is 1. The van der Waals surface area contributed by atoms with Gasteiger partial charge in [0.1, 0.15) is 6.04 Å². The molecule has 0 aliphatic rings. The molecule has 0 saturated heterocycles. The fourth-order valence-electron chi connectivity index (χ4n) is 2.09. The summed E-state index contributed by atoms with van der Waals surface area (Å²) in [6.07, 6.45) is -2.37. The third kappa shape index (κ3) is 5.58. The van der Waals surface area contributed by atoms with E-state index >= 15 is 0 Å². The van der Waals surface area contributed by atoms with Crippen LogP contribution in [0.2, 0.25) is 0 Å². The van der Waals surface area contributed by atoms with Crippen molar-refractivity contribution >= 4 is 29.6 Å². The number of hydrogen-bond acceptors (Lipinski definition) is 7. The Balaban J connectivity index is 2.12. The molecule has 1 atom stereocenters. The van der Waals surface area contributed by atoms with Gasteiger partial charge in [-0.25, -0.2) is 9.97 Å². The molecule has 8 nitrogen and oxygen atoms in total. The van der Waals surface area contributed by atoms with Crippen LogP contribution in [0.25, 0.3) is 0 Å². The van der Waals surface area contributed by atoms with Crippen molar-refractivity contribution in [1.82, 2.24) is 25.1 Å². The fourth-order valence-corrected chi connectivity index (χ4v) is 2.56. The number of nitrogens with zero attached hydrogens (tertiary/aromatic N) is 4. The molecule has 0 aliphatic carbocycles. The topological polar surface area (TPSA) is 108 Å². The highest BCUT2D eigenvalue weighted by molar-refractivity contribution is 7.98. The van der Waals surface area contributed by atoms with Gasteiger partial charge >= 0.3 is 6.18 Å². The Morgan fingerprint density at radius 2 is 1.88 bits per heavy atom. The normalized spacial score (nSPS) is 12.7. The summed E-state index contributed by atoms with van der Waals surface area (Å²) in [6, 6.07) is 1.03. The Bertz CT molecular complexity index is 745. The zero-order valence-electron chi connectivity index (χ0n) is 14.3. The quantitative estimate of drug-likeness (QED) is 0.667. The van der Waals surface area contributed by atoms with E-state index < -0.39 is 29.9 Å². The number of anilines is 2. The van der Waals surface area contributed by atoms with E-state index in [1.165, 1.54) is 11.8 Å². The van der Waals surface area contributed by atoms with Crippen molar-refractivity contribution in [2.45, 2.75) is 32.5 Å². The van der Waals surface area contributed by atoms with Gasteiger partial charge in [0.2, 0.25) is 23.6 Å². The summed E-state index contributed by atoms with van der Waals surface area (Å²) in [4.78, 5) is 24.1. The van der Waals surface area contributed by atoms with E-state index in [1.807, 2.05) is 6.26 Å². The second-order valence-corrected chi connectivity index (χ2v) is 6.43. The maximum absolute atomic E-state index is 12.5. The summed E-state index contributed by atoms with van der Waals surface area (Å²) < 4.78 is 37.6. The Hall–Kier alpha value is -2.37. The van der Waals surface area contributed by atoms with Crippen LogP contribution in [0.15, 0.2) is 6.07 Å². The summed E-state index contributed by atoms with van der Waals surface area (Å²) in [7, 11) is 0. The maximum Gasteiger partial charge on any atom is 0.451 e. The summed E-state index contributed by atoms with van der Waals surface area (Å²) in [5, 5.41) is 10.3. The third-order valence-electron chi connectivity index (χ3n) is 3.20. The molecule has 2 aromatic rings. The van der Waals surface area contributed by atoms with Crippen molar-refractivity contribution in [2.24, 2.45) is 0 Å². The molecule has 1 amide bonds. The summed E-state index contributed by atoms with van der Waals surface area (Å²) in [6.45, 7) is 3.59. The lowest BCUT2D eigenvalue weighted by atomic mass is 10.2. The number of nitrogens with one attached hydrogen (secondary N) is 3. The van der Waals surface area contributed by atoms with Crippen LogP contribution in [0.4, 0.5) is 25.1 Å². The molecule has 0 aromatic carbocycles. The van der Waals surface area contributed by atoms with E-state index in [0.29, 0.717) is 12.2 Å². The fraction of sp³-hybridized carbons (Fsp3) is 0.500. The summed E-state index contributed by atoms with van der Waals surface area (Å²) in [5.41, 5.74) is 1.46. The number of thioether (sulfide) groups is 1. The highest BCUT2D eigenvalue weighted by atomic mass is 32.2. The van der Waals surface area contributed by atoms with Crippen LogP contribution in [0.1, 0.15) is 23.6 Å². The van der Waals surface area contributed by atoms with Gasteiger partial charge < -0.3 is 5.32 Å². The molecule has 0 spiro atoms. The molecule has 0 bridgehead atoms. The Labute approximate surface area is 151 Å². The second-order valence-electron chi connectivity index (χ2n) is 5.45. The van der Waals surface area contributed by atoms with Gasteiger partial charge in [0.25, 0.3) is 0 Å². The van der Waals surface area contributed by atoms with Crippen LogP contribution < -0.4 is 10.6 Å². The van der Waals surface area contributed by atoms with Gasteiger partial charge in [-0.1, -0.05) is 0 Å². The molecular formula is C14H18F3N7OS. The number of alkyl halides is 3. The number of aromatic nitrogens is 5. The van der Waals surface area contributed by atoms with Crippen molar-refractivity contribution in [1.29, 1.82) is 0 Å². The number of halogens is 3. The van der Waals surface area contributed by atoms with Gasteiger partial charge in [-0.2, -0.15) is 29.9 Å². The van der Waals surface area contributed by atoms with Crippen molar-refractivity contribution in [3.8, 4) is 0 Å². The van der Waals surface area contributed by atoms with Crippen molar-refractivity contribution in [3.05, 3.63) is 23.3 Å². The van der Waals surface area contributed by atoms with Crippen molar-refractivity contribution in [3.63, 3.8) is 0 Å². The number of aromatic amines is 1. The second kappa shape index (κ2) is 8.34. The van der Waals surface area contributed by atoms with E-state index in [1.54, 1.807) is 25.0 Å². The lowest BCUT2D eigenvalue weighted by Gasteiger charge is -2.17. The summed E-state index contributed by atoms with van der Waals surface area (Å²) in [5.74, 6) is -1.37. The Morgan fingerprint density at radius 1 is 1.23 bits per heavy atom. The summed E-state index contributed by atoms with van der Waals surface area (Å²) >= 11 is 1.53. The molecule has 2 rings (SSSR count). The predicted molar refractivity (Wildman–Crippen MR) is 91.9 cm³/mol. The van der Waals surface area contributed by atoms with E-state index in [9.17, 15) is 18.0 Å². The van der Waals surface area contributed by atoms with Crippen LogP contribution in [0.3, 0.4) is 0 Å². The first kappa shape index (κ1) is 19.9. The largest absolute Gasteiger partial charge is 0.451 e. The first-order chi connectivity index (χ1) is 12.2. The number of carbonyl (C=O) groups excluding carboxylic acids is 1. The van der Waals surface area contributed by atoms with E-state index in [2.05, 4.69) is 30.7 Å². The first-order valence-corrected chi connectivity index (χ1v) is 8.96. The third-order valence-corrected chi connectivity index (χ3v) is 3.85. The zero-order valence-corrected chi connectivity index (χ0v) is 15.1. The Kier molecular flexibility index (Phi) is 6.40. The van der Waals surface area contributed by atoms with Crippen LogP contribution in [0, 0.1) is 13.8 Å². The Morgan fingerprint density at radius 3 is 2.42 bits per heavy atom. The van der Waals surface area contributed by atoms with Gasteiger partial charge in [-0.3, -0.25) is 15.2 Å². The van der Waals surface area contributed by atoms with E-state index in [-0.39, 0.29) is 5.95 Å². The van der Waals surface area contributed by atoms with Gasteiger partial charge in [0.05, 0.1) is 0 Å². The average Bonchev–Trinajstić information content (AvgIpc) is 2.99. The molecule has 2 aromatic heterocycles. The maximum atomic E-state index is 12.5. The molecular weight excluding hydrogens is 371 g/mol. The minimum absolute atomic E-state index is 0.273. The minimum atomic E-state index is -4.67. The SMILES string of the molecule is CSCC[C@@H](Nc1nc(C)cc(C)n1)C(=O)Nc1n[nH]c(C(F)(F)F)n1. The molecule has 12 heteroatoms. The molecule has 142 valence electrons. The molecule has 26 heavy (non-hydrogen) atoms. The minimum Gasteiger partial charge on any atom is -0.342 e. The predicted octanol–water partition coefficient (Wildman–Crippen LogP) is 2.40. The van der Waals surface area contributed by atoms with Gasteiger partial charge in [0.15, 0.2) is 0 Å². The molecule has 0 fully saturated rings. The van der Waals surface area contributed by atoms with E-state index in [0.717, 1.165) is 11.4 Å². The molecule has 0 radical (unpaired) electrons. The molecule has 0 aliphatic heterocycles. The smallest absolute Gasteiger partial charge is 0.342 e. The molecule has 0 unspecified atom stereocenters. The van der Waals surface area contributed by atoms with Crippen LogP contribution in [0.5, 0.6) is 0 Å². The highest BCUT2D eigenvalue weighted by Crippen LogP contribution is 2.26. The number of rotatable bonds is 7. The van der Waals surface area contributed by atoms with Gasteiger partial charge in [0, 0.05) is 11.4 Å². The van der Waals surface area contributed by atoms with Crippen molar-refractivity contribution in [2.75, 3.05) is 22.6 Å². The van der Waals surface area contributed by atoms with Crippen LogP contribution >= 0.6 is 11.8 Å². The number of hydrogen-bond donors (Lipinski definition) is 3. The number of aryl methyl sites for hydroxylation is 2. The molecule has 2 heterocycles. The number of H-pyrrole nitrogens is 1. The lowest BCUT2D eigenvalue weighted by molar-refractivity contribution is -0.144. The molecule has 3 N–H and O–H groups in total. The van der Waals surface area contributed by atoms with Gasteiger partial charge in [-0.05, 0) is 38.3 Å². The van der Waals surface area contributed by atoms with Crippen molar-refractivity contribution < 1.29 is 18.0 Å². The lowest BCUT2D eigenvalue weighted by Crippen LogP contribution is -2.36. The first-order valence-electron chi connectivity index (χ1n) is 7.57. The van der Waals surface area contributed by atoms with E-state index in [4.69, 9.17) is 0 Å². The van der Waals surface area contributed by atoms with Gasteiger partial charge in [-0.15, -0.1) is 5.10 Å². The monoisotopic (exact) mass is 389 g/mol. The van der Waals surface area contributed by atoms with Crippen LogP contribution in [-0.4, -0.2) is 49.1 Å². The average molecular weight is 389 g/mol. The highest BCUT2D eigenvalue weighted by Gasteiger charge is 2.35.